The van der Waals surface area contributed by atoms with Crippen molar-refractivity contribution >= 4 is 0 Å². The summed E-state index contributed by atoms with van der Waals surface area (Å²) in [6, 6.07) is 8.90. The molecule has 0 atom stereocenters. The van der Waals surface area contributed by atoms with Crippen LogP contribution >= 0.6 is 0 Å². The number of aryl methyl sites for hydroxylation is 1. The van der Waals surface area contributed by atoms with Crippen LogP contribution in [0, 0.1) is 29.6 Å². The summed E-state index contributed by atoms with van der Waals surface area (Å²) in [5.74, 6) is 2.62. The van der Waals surface area contributed by atoms with Gasteiger partial charge in [0.1, 0.15) is 5.83 Å². The third-order valence-electron chi connectivity index (χ3n) is 10.4. The number of benzene rings is 1. The SMILES string of the molecule is CCCCCC1CCC(C2CCC(CCc3ccc(C4CCC(C(F)=CC(F)(F)F)CC4)cc3)CC2)CC1. The van der Waals surface area contributed by atoms with Crippen LogP contribution in [0.25, 0.3) is 0 Å². The van der Waals surface area contributed by atoms with Crippen LogP contribution in [0.4, 0.5) is 17.6 Å². The molecule has 3 fully saturated rings. The molecule has 0 unspecified atom stereocenters. The largest absolute Gasteiger partial charge is 0.412 e. The molecule has 0 aliphatic heterocycles. The van der Waals surface area contributed by atoms with Gasteiger partial charge < -0.3 is 0 Å². The molecule has 0 heterocycles. The number of hydrogen-bond acceptors (Lipinski definition) is 0. The van der Waals surface area contributed by atoms with Gasteiger partial charge in [0.2, 0.25) is 0 Å². The summed E-state index contributed by atoms with van der Waals surface area (Å²) in [6.07, 6.45) is 17.5. The molecule has 0 nitrogen and oxygen atoms in total. The zero-order chi connectivity index (χ0) is 27.0. The summed E-state index contributed by atoms with van der Waals surface area (Å²) >= 11 is 0. The molecular formula is C34H50F4. The van der Waals surface area contributed by atoms with E-state index < -0.39 is 17.9 Å². The molecule has 0 spiro atoms. The van der Waals surface area contributed by atoms with Gasteiger partial charge in [0.05, 0.1) is 6.08 Å². The van der Waals surface area contributed by atoms with Gasteiger partial charge in [-0.1, -0.05) is 82.6 Å². The van der Waals surface area contributed by atoms with Gasteiger partial charge in [-0.15, -0.1) is 0 Å². The smallest absolute Gasteiger partial charge is 0.212 e. The minimum atomic E-state index is -4.57. The van der Waals surface area contributed by atoms with E-state index in [4.69, 9.17) is 0 Å². The zero-order valence-corrected chi connectivity index (χ0v) is 23.6. The molecule has 0 radical (unpaired) electrons. The van der Waals surface area contributed by atoms with Crippen LogP contribution in [-0.2, 0) is 6.42 Å². The van der Waals surface area contributed by atoms with E-state index in [1.807, 2.05) is 0 Å². The van der Waals surface area contributed by atoms with E-state index in [1.165, 1.54) is 94.6 Å². The molecule has 1 aromatic carbocycles. The average molecular weight is 535 g/mol. The van der Waals surface area contributed by atoms with Crippen molar-refractivity contribution in [2.24, 2.45) is 29.6 Å². The van der Waals surface area contributed by atoms with Crippen molar-refractivity contribution in [1.82, 2.24) is 0 Å². The van der Waals surface area contributed by atoms with E-state index in [2.05, 4.69) is 31.2 Å². The van der Waals surface area contributed by atoms with Crippen LogP contribution in [0.1, 0.15) is 133 Å². The molecule has 3 aliphatic carbocycles. The van der Waals surface area contributed by atoms with Crippen molar-refractivity contribution in [2.75, 3.05) is 0 Å². The molecule has 0 saturated heterocycles. The Morgan fingerprint density at radius 3 is 1.82 bits per heavy atom. The van der Waals surface area contributed by atoms with E-state index in [-0.39, 0.29) is 6.08 Å². The van der Waals surface area contributed by atoms with Crippen molar-refractivity contribution in [2.45, 2.75) is 135 Å². The summed E-state index contributed by atoms with van der Waals surface area (Å²) < 4.78 is 51.3. The normalized spacial score (nSPS) is 31.3. The first-order valence-corrected chi connectivity index (χ1v) is 15.8. The van der Waals surface area contributed by atoms with Crippen LogP contribution in [0.5, 0.6) is 0 Å². The first-order chi connectivity index (χ1) is 18.3. The van der Waals surface area contributed by atoms with Gasteiger partial charge in [-0.25, -0.2) is 4.39 Å². The summed E-state index contributed by atoms with van der Waals surface area (Å²) in [6.45, 7) is 2.30. The average Bonchev–Trinajstić information content (AvgIpc) is 2.92. The molecule has 4 rings (SSSR count). The molecule has 38 heavy (non-hydrogen) atoms. The fourth-order valence-electron chi connectivity index (χ4n) is 7.88. The topological polar surface area (TPSA) is 0 Å². The number of unbranched alkanes of at least 4 members (excludes halogenated alkanes) is 2. The first-order valence-electron chi connectivity index (χ1n) is 15.8. The van der Waals surface area contributed by atoms with Crippen LogP contribution in [-0.4, -0.2) is 6.18 Å². The number of halogens is 4. The Balaban J connectivity index is 1.13. The van der Waals surface area contributed by atoms with Gasteiger partial charge in [-0.3, -0.25) is 0 Å². The van der Waals surface area contributed by atoms with Crippen molar-refractivity contribution in [1.29, 1.82) is 0 Å². The lowest BCUT2D eigenvalue weighted by atomic mass is 9.68. The van der Waals surface area contributed by atoms with Gasteiger partial charge in [0.15, 0.2) is 0 Å². The van der Waals surface area contributed by atoms with Crippen LogP contribution in [0.15, 0.2) is 36.2 Å². The monoisotopic (exact) mass is 534 g/mol. The lowest BCUT2D eigenvalue weighted by Crippen LogP contribution is -2.26. The standard InChI is InChI=1S/C34H50F4/c1-2-3-4-5-25-8-14-28(15-9-25)29-16-10-26(11-17-29)6-7-27-12-18-30(19-13-27)31-20-22-32(23-21-31)33(35)24-34(36,37)38/h12-13,18-19,24-26,28-29,31-32H,2-11,14-17,20-23H2,1H3. The van der Waals surface area contributed by atoms with Crippen molar-refractivity contribution in [3.05, 3.63) is 47.3 Å². The summed E-state index contributed by atoms with van der Waals surface area (Å²) in [5.41, 5.74) is 2.65. The molecule has 4 heteroatoms. The highest BCUT2D eigenvalue weighted by atomic mass is 19.4. The molecular weight excluding hydrogens is 484 g/mol. The number of hydrogen-bond donors (Lipinski definition) is 0. The number of alkyl halides is 3. The molecule has 214 valence electrons. The Bertz CT molecular complexity index is 830. The van der Waals surface area contributed by atoms with E-state index >= 15 is 0 Å². The second-order valence-electron chi connectivity index (χ2n) is 13.0. The minimum Gasteiger partial charge on any atom is -0.212 e. The predicted molar refractivity (Wildman–Crippen MR) is 150 cm³/mol. The van der Waals surface area contributed by atoms with Gasteiger partial charge >= 0.3 is 6.18 Å². The summed E-state index contributed by atoms with van der Waals surface area (Å²) in [7, 11) is 0. The molecule has 0 bridgehead atoms. The summed E-state index contributed by atoms with van der Waals surface area (Å²) in [4.78, 5) is 0. The molecule has 3 saturated carbocycles. The third kappa shape index (κ3) is 9.12. The van der Waals surface area contributed by atoms with Gasteiger partial charge in [-0.05, 0) is 105 Å². The molecule has 1 aromatic rings. The minimum absolute atomic E-state index is 0.153. The van der Waals surface area contributed by atoms with Crippen LogP contribution in [0.2, 0.25) is 0 Å². The van der Waals surface area contributed by atoms with Gasteiger partial charge in [-0.2, -0.15) is 13.2 Å². The maximum absolute atomic E-state index is 13.9. The van der Waals surface area contributed by atoms with Gasteiger partial charge in [0.25, 0.3) is 0 Å². The Hall–Kier alpha value is -1.32. The highest BCUT2D eigenvalue weighted by Gasteiger charge is 2.32. The Labute approximate surface area is 229 Å². The molecule has 0 aromatic heterocycles. The highest BCUT2D eigenvalue weighted by Crippen LogP contribution is 2.43. The van der Waals surface area contributed by atoms with Crippen molar-refractivity contribution < 1.29 is 17.6 Å². The Morgan fingerprint density at radius 1 is 0.737 bits per heavy atom. The van der Waals surface area contributed by atoms with Gasteiger partial charge in [0, 0.05) is 5.92 Å². The van der Waals surface area contributed by atoms with Crippen molar-refractivity contribution in [3.8, 4) is 0 Å². The molecule has 0 N–H and O–H groups in total. The van der Waals surface area contributed by atoms with E-state index in [0.717, 1.165) is 42.9 Å². The molecule has 3 aliphatic rings. The number of allylic oxidation sites excluding steroid dienone is 2. The Kier molecular flexibility index (Phi) is 11.2. The first kappa shape index (κ1) is 29.7. The second-order valence-corrected chi connectivity index (χ2v) is 13.0. The lowest BCUT2D eigenvalue weighted by molar-refractivity contribution is -0.0820. The second kappa shape index (κ2) is 14.4. The maximum atomic E-state index is 13.9. The van der Waals surface area contributed by atoms with Crippen LogP contribution < -0.4 is 0 Å². The van der Waals surface area contributed by atoms with E-state index in [0.29, 0.717) is 18.8 Å². The lowest BCUT2D eigenvalue weighted by Gasteiger charge is -2.38. The zero-order valence-electron chi connectivity index (χ0n) is 23.6. The summed E-state index contributed by atoms with van der Waals surface area (Å²) in [5, 5.41) is 0. The molecule has 0 amide bonds. The highest BCUT2D eigenvalue weighted by molar-refractivity contribution is 5.26. The number of rotatable bonds is 10. The van der Waals surface area contributed by atoms with E-state index in [1.54, 1.807) is 0 Å². The quantitative estimate of drug-likeness (QED) is 0.207. The van der Waals surface area contributed by atoms with E-state index in [9.17, 15) is 17.6 Å². The fraction of sp³-hybridized carbons (Fsp3) is 0.765. The van der Waals surface area contributed by atoms with Crippen LogP contribution in [0.3, 0.4) is 0 Å². The third-order valence-corrected chi connectivity index (χ3v) is 10.4. The maximum Gasteiger partial charge on any atom is 0.412 e. The predicted octanol–water partition coefficient (Wildman–Crippen LogP) is 11.5. The Morgan fingerprint density at radius 2 is 1.29 bits per heavy atom. The fourth-order valence-corrected chi connectivity index (χ4v) is 7.88. The van der Waals surface area contributed by atoms with Crippen molar-refractivity contribution in [3.63, 3.8) is 0 Å².